The van der Waals surface area contributed by atoms with Gasteiger partial charge in [0.2, 0.25) is 0 Å². The fraction of sp³-hybridized carbons (Fsp3) is 0. The number of nitrogens with one attached hydrogen (secondary N) is 2. The molecule has 0 aliphatic heterocycles. The van der Waals surface area contributed by atoms with Crippen LogP contribution in [0, 0.1) is 20.2 Å². The van der Waals surface area contributed by atoms with Gasteiger partial charge in [0.05, 0.1) is 15.9 Å². The van der Waals surface area contributed by atoms with Gasteiger partial charge in [-0.2, -0.15) is 0 Å². The Morgan fingerprint density at radius 2 is 1.78 bits per heavy atom. The molecule has 0 atom stereocenters. The Kier molecular flexibility index (Phi) is 3.84. The van der Waals surface area contributed by atoms with Gasteiger partial charge >= 0.3 is 11.7 Å². The number of nitro benzene ring substituents is 2. The molecule has 0 aromatic heterocycles. The minimum absolute atomic E-state index is 0.227. The number of rotatable bonds is 4. The summed E-state index contributed by atoms with van der Waals surface area (Å²) in [5.74, 6) is 0. The van der Waals surface area contributed by atoms with Gasteiger partial charge in [0.15, 0.2) is 0 Å². The van der Waals surface area contributed by atoms with E-state index < -0.39 is 27.3 Å². The number of carbonyl (C=O) groups excluding carboxylic acids is 1. The molecule has 0 aliphatic carbocycles. The summed E-state index contributed by atoms with van der Waals surface area (Å²) in [5, 5.41) is 21.0. The molecule has 0 fully saturated rings. The van der Waals surface area contributed by atoms with E-state index in [1.807, 2.05) is 5.43 Å². The first-order chi connectivity index (χ1) is 8.32. The Morgan fingerprint density at radius 3 is 2.22 bits per heavy atom. The largest absolute Gasteiger partial charge is 0.350 e. The number of primary amides is 1. The number of urea groups is 1. The first kappa shape index (κ1) is 13.4. The Hall–Kier alpha value is -2.62. The van der Waals surface area contributed by atoms with Crippen LogP contribution in [-0.2, 0) is 0 Å². The molecule has 0 saturated heterocycles. The van der Waals surface area contributed by atoms with E-state index in [4.69, 9.17) is 17.3 Å². The van der Waals surface area contributed by atoms with Crippen molar-refractivity contribution in [1.29, 1.82) is 0 Å². The van der Waals surface area contributed by atoms with Crippen molar-refractivity contribution in [1.82, 2.24) is 5.43 Å². The van der Waals surface area contributed by atoms with Crippen LogP contribution in [0.4, 0.5) is 21.9 Å². The number of amides is 2. The second-order valence-corrected chi connectivity index (χ2v) is 3.36. The van der Waals surface area contributed by atoms with Crippen molar-refractivity contribution in [2.75, 3.05) is 5.43 Å². The second kappa shape index (κ2) is 5.14. The van der Waals surface area contributed by atoms with Crippen molar-refractivity contribution in [3.63, 3.8) is 0 Å². The standard InChI is InChI=1S/C7H6ClN5O5/c8-3-1-4(10-11-7(9)14)6(13(17)18)2-5(3)12(15)16/h1-2,10H,(H3,9,11,14). The maximum Gasteiger partial charge on any atom is 0.330 e. The lowest BCUT2D eigenvalue weighted by Gasteiger charge is -2.07. The molecule has 0 radical (unpaired) electrons. The Labute approximate surface area is 104 Å². The molecule has 0 bridgehead atoms. The zero-order chi connectivity index (χ0) is 13.9. The zero-order valence-electron chi connectivity index (χ0n) is 8.55. The number of hydrazine groups is 1. The Bertz CT molecular complexity index is 533. The maximum atomic E-state index is 10.7. The molecule has 18 heavy (non-hydrogen) atoms. The molecular weight excluding hydrogens is 270 g/mol. The van der Waals surface area contributed by atoms with Crippen molar-refractivity contribution in [3.05, 3.63) is 37.4 Å². The van der Waals surface area contributed by atoms with Crippen molar-refractivity contribution >= 4 is 34.7 Å². The van der Waals surface area contributed by atoms with E-state index in [9.17, 15) is 25.0 Å². The van der Waals surface area contributed by atoms with Gasteiger partial charge in [-0.05, 0) is 6.07 Å². The third-order valence-electron chi connectivity index (χ3n) is 1.78. The van der Waals surface area contributed by atoms with Crippen LogP contribution in [0.15, 0.2) is 12.1 Å². The van der Waals surface area contributed by atoms with Gasteiger partial charge in [0.25, 0.3) is 5.69 Å². The highest BCUT2D eigenvalue weighted by Gasteiger charge is 2.23. The predicted molar refractivity (Wildman–Crippen MR) is 61.1 cm³/mol. The third-order valence-corrected chi connectivity index (χ3v) is 2.08. The summed E-state index contributed by atoms with van der Waals surface area (Å²) >= 11 is 5.57. The molecule has 1 aromatic rings. The molecule has 96 valence electrons. The highest BCUT2D eigenvalue weighted by molar-refractivity contribution is 6.33. The lowest BCUT2D eigenvalue weighted by atomic mass is 10.2. The number of nitro groups is 2. The number of nitrogens with zero attached hydrogens (tertiary/aromatic N) is 2. The van der Waals surface area contributed by atoms with E-state index in [1.165, 1.54) is 0 Å². The molecule has 0 unspecified atom stereocenters. The van der Waals surface area contributed by atoms with Gasteiger partial charge in [0.1, 0.15) is 10.7 Å². The van der Waals surface area contributed by atoms with Crippen molar-refractivity contribution in [2.24, 2.45) is 5.73 Å². The summed E-state index contributed by atoms with van der Waals surface area (Å²) in [6, 6.07) is 0.625. The van der Waals surface area contributed by atoms with Crippen LogP contribution >= 0.6 is 11.6 Å². The van der Waals surface area contributed by atoms with E-state index in [2.05, 4.69) is 5.43 Å². The summed E-state index contributed by atoms with van der Waals surface area (Å²) in [7, 11) is 0. The zero-order valence-corrected chi connectivity index (χ0v) is 9.30. The minimum atomic E-state index is -0.987. The predicted octanol–water partition coefficient (Wildman–Crippen LogP) is 1.15. The van der Waals surface area contributed by atoms with Gasteiger partial charge in [-0.25, -0.2) is 4.79 Å². The number of benzene rings is 1. The molecule has 11 heteroatoms. The number of halogens is 1. The van der Waals surface area contributed by atoms with E-state index >= 15 is 0 Å². The molecule has 1 rings (SSSR count). The lowest BCUT2D eigenvalue weighted by molar-refractivity contribution is -0.393. The van der Waals surface area contributed by atoms with Crippen LogP contribution in [0.25, 0.3) is 0 Å². The average Bonchev–Trinajstić information content (AvgIpc) is 2.25. The van der Waals surface area contributed by atoms with E-state index in [1.54, 1.807) is 0 Å². The molecule has 0 aliphatic rings. The number of anilines is 1. The highest BCUT2D eigenvalue weighted by Crippen LogP contribution is 2.35. The summed E-state index contributed by atoms with van der Waals surface area (Å²) in [6.07, 6.45) is 0. The van der Waals surface area contributed by atoms with Crippen molar-refractivity contribution in [3.8, 4) is 0 Å². The van der Waals surface area contributed by atoms with Crippen LogP contribution < -0.4 is 16.6 Å². The molecule has 0 spiro atoms. The highest BCUT2D eigenvalue weighted by atomic mass is 35.5. The molecule has 0 heterocycles. The van der Waals surface area contributed by atoms with Gasteiger partial charge in [-0.15, -0.1) is 0 Å². The van der Waals surface area contributed by atoms with Crippen LogP contribution in [-0.4, -0.2) is 15.9 Å². The Balaban J connectivity index is 3.24. The molecule has 0 saturated carbocycles. The van der Waals surface area contributed by atoms with E-state index in [-0.39, 0.29) is 10.7 Å². The van der Waals surface area contributed by atoms with Crippen molar-refractivity contribution in [2.45, 2.75) is 0 Å². The molecule has 1 aromatic carbocycles. The quantitative estimate of drug-likeness (QED) is 0.553. The van der Waals surface area contributed by atoms with E-state index in [0.717, 1.165) is 6.07 Å². The van der Waals surface area contributed by atoms with Gasteiger partial charge in [-0.3, -0.25) is 31.1 Å². The van der Waals surface area contributed by atoms with Crippen LogP contribution in [0.1, 0.15) is 0 Å². The lowest BCUT2D eigenvalue weighted by Crippen LogP contribution is -2.34. The van der Waals surface area contributed by atoms with Crippen LogP contribution in [0.5, 0.6) is 0 Å². The van der Waals surface area contributed by atoms with E-state index in [0.29, 0.717) is 6.07 Å². The third kappa shape index (κ3) is 2.95. The maximum absolute atomic E-state index is 10.7. The van der Waals surface area contributed by atoms with Gasteiger partial charge < -0.3 is 5.73 Å². The number of hydrogen-bond donors (Lipinski definition) is 3. The summed E-state index contributed by atoms with van der Waals surface area (Å²) in [4.78, 5) is 30.0. The Morgan fingerprint density at radius 1 is 1.22 bits per heavy atom. The number of carbonyl (C=O) groups is 1. The SMILES string of the molecule is NC(=O)NNc1cc(Cl)c([N+](=O)[O-])cc1[N+](=O)[O-]. The van der Waals surface area contributed by atoms with Gasteiger partial charge in [-0.1, -0.05) is 11.6 Å². The molecule has 2 amide bonds. The van der Waals surface area contributed by atoms with Gasteiger partial charge in [0, 0.05) is 0 Å². The first-order valence-corrected chi connectivity index (χ1v) is 4.64. The summed E-state index contributed by atoms with van der Waals surface area (Å²) < 4.78 is 0. The summed E-state index contributed by atoms with van der Waals surface area (Å²) in [6.45, 7) is 0. The first-order valence-electron chi connectivity index (χ1n) is 4.26. The summed E-state index contributed by atoms with van der Waals surface area (Å²) in [5.41, 5.74) is 7.31. The fourth-order valence-corrected chi connectivity index (χ4v) is 1.30. The topological polar surface area (TPSA) is 153 Å². The number of hydrogen-bond acceptors (Lipinski definition) is 6. The molecular formula is C7H6ClN5O5. The minimum Gasteiger partial charge on any atom is -0.350 e. The van der Waals surface area contributed by atoms with Crippen molar-refractivity contribution < 1.29 is 14.6 Å². The van der Waals surface area contributed by atoms with Crippen LogP contribution in [0.2, 0.25) is 5.02 Å². The number of nitrogens with two attached hydrogens (primary N) is 1. The smallest absolute Gasteiger partial charge is 0.330 e. The normalized spacial score (nSPS) is 9.61. The average molecular weight is 276 g/mol. The molecule has 4 N–H and O–H groups in total. The monoisotopic (exact) mass is 275 g/mol. The molecule has 10 nitrogen and oxygen atoms in total. The fourth-order valence-electron chi connectivity index (χ4n) is 1.07. The van der Waals surface area contributed by atoms with Crippen LogP contribution in [0.3, 0.4) is 0 Å². The second-order valence-electron chi connectivity index (χ2n) is 2.95.